The summed E-state index contributed by atoms with van der Waals surface area (Å²) in [5.74, 6) is 0.147. The number of amides is 1. The molecule has 1 amide bonds. The Morgan fingerprint density at radius 3 is 2.21 bits per heavy atom. The summed E-state index contributed by atoms with van der Waals surface area (Å²) in [6.45, 7) is 6.79. The molecule has 0 unspecified atom stereocenters. The van der Waals surface area contributed by atoms with Crippen LogP contribution in [-0.4, -0.2) is 23.9 Å². The van der Waals surface area contributed by atoms with Crippen LogP contribution in [0.1, 0.15) is 42.6 Å². The van der Waals surface area contributed by atoms with Gasteiger partial charge in [-0.15, -0.1) is 12.4 Å². The van der Waals surface area contributed by atoms with E-state index in [2.05, 4.69) is 13.8 Å². The fraction of sp³-hybridized carbons (Fsp3) is 0.533. The van der Waals surface area contributed by atoms with Crippen LogP contribution in [0.3, 0.4) is 0 Å². The molecule has 19 heavy (non-hydrogen) atoms. The molecule has 0 saturated carbocycles. The normalized spacial score (nSPS) is 17.7. The maximum absolute atomic E-state index is 12.3. The summed E-state index contributed by atoms with van der Waals surface area (Å²) in [5.41, 5.74) is 7.76. The van der Waals surface area contributed by atoms with E-state index in [-0.39, 0.29) is 18.3 Å². The van der Waals surface area contributed by atoms with Gasteiger partial charge in [0.05, 0.1) is 0 Å². The summed E-state index contributed by atoms with van der Waals surface area (Å²) in [7, 11) is 0. The van der Waals surface area contributed by atoms with Crippen LogP contribution in [0.4, 0.5) is 0 Å². The van der Waals surface area contributed by atoms with Gasteiger partial charge in [0.15, 0.2) is 0 Å². The molecule has 0 atom stereocenters. The van der Waals surface area contributed by atoms with E-state index in [9.17, 15) is 4.79 Å². The highest BCUT2D eigenvalue weighted by Crippen LogP contribution is 2.30. The van der Waals surface area contributed by atoms with Gasteiger partial charge < -0.3 is 10.6 Å². The molecule has 0 aliphatic carbocycles. The first kappa shape index (κ1) is 16.0. The standard InChI is InChI=1S/C15H22N2O.ClH/c1-15(2)7-9-17(10-8-15)14(18)13-5-3-12(11-16)4-6-13;/h3-6H,7-11,16H2,1-2H3;1H. The van der Waals surface area contributed by atoms with Crippen LogP contribution < -0.4 is 5.73 Å². The number of nitrogens with zero attached hydrogens (tertiary/aromatic N) is 1. The van der Waals surface area contributed by atoms with Crippen LogP contribution in [0.2, 0.25) is 0 Å². The molecular weight excluding hydrogens is 260 g/mol. The molecule has 1 aromatic rings. The molecule has 0 radical (unpaired) electrons. The van der Waals surface area contributed by atoms with Crippen molar-refractivity contribution in [1.82, 2.24) is 4.90 Å². The van der Waals surface area contributed by atoms with E-state index in [1.165, 1.54) is 0 Å². The van der Waals surface area contributed by atoms with E-state index in [4.69, 9.17) is 5.73 Å². The lowest BCUT2D eigenvalue weighted by Crippen LogP contribution is -2.41. The Bertz CT molecular complexity index is 418. The number of carbonyl (C=O) groups excluding carboxylic acids is 1. The first-order chi connectivity index (χ1) is 8.52. The van der Waals surface area contributed by atoms with Crippen LogP contribution in [0.5, 0.6) is 0 Å². The van der Waals surface area contributed by atoms with Gasteiger partial charge in [0.2, 0.25) is 0 Å². The van der Waals surface area contributed by atoms with Crippen molar-refractivity contribution in [3.05, 3.63) is 35.4 Å². The van der Waals surface area contributed by atoms with Gasteiger partial charge in [0, 0.05) is 25.2 Å². The zero-order chi connectivity index (χ0) is 13.2. The molecule has 4 heteroatoms. The summed E-state index contributed by atoms with van der Waals surface area (Å²) < 4.78 is 0. The SMILES string of the molecule is CC1(C)CCN(C(=O)c2ccc(CN)cc2)CC1.Cl. The lowest BCUT2D eigenvalue weighted by Gasteiger charge is -2.37. The Kier molecular flexibility index (Phi) is 5.39. The molecular formula is C15H23ClN2O. The highest BCUT2D eigenvalue weighted by molar-refractivity contribution is 5.94. The number of benzene rings is 1. The number of nitrogens with two attached hydrogens (primary N) is 1. The molecule has 1 saturated heterocycles. The molecule has 2 N–H and O–H groups in total. The smallest absolute Gasteiger partial charge is 0.253 e. The third kappa shape index (κ3) is 3.95. The van der Waals surface area contributed by atoms with Crippen molar-refractivity contribution in [3.63, 3.8) is 0 Å². The van der Waals surface area contributed by atoms with Crippen molar-refractivity contribution in [2.45, 2.75) is 33.2 Å². The molecule has 1 aliphatic rings. The van der Waals surface area contributed by atoms with E-state index in [1.54, 1.807) is 0 Å². The number of carbonyl (C=O) groups is 1. The maximum Gasteiger partial charge on any atom is 0.253 e. The molecule has 3 nitrogen and oxygen atoms in total. The quantitative estimate of drug-likeness (QED) is 0.907. The summed E-state index contributed by atoms with van der Waals surface area (Å²) in [5, 5.41) is 0. The Hall–Kier alpha value is -1.06. The van der Waals surface area contributed by atoms with Crippen molar-refractivity contribution in [3.8, 4) is 0 Å². The van der Waals surface area contributed by atoms with Gasteiger partial charge in [0.1, 0.15) is 0 Å². The zero-order valence-electron chi connectivity index (χ0n) is 11.7. The van der Waals surface area contributed by atoms with Crippen LogP contribution >= 0.6 is 12.4 Å². The van der Waals surface area contributed by atoms with E-state index in [0.29, 0.717) is 12.0 Å². The minimum absolute atomic E-state index is 0. The van der Waals surface area contributed by atoms with E-state index in [1.807, 2.05) is 29.2 Å². The van der Waals surface area contributed by atoms with E-state index >= 15 is 0 Å². The third-order valence-corrected chi connectivity index (χ3v) is 3.84. The zero-order valence-corrected chi connectivity index (χ0v) is 12.5. The average molecular weight is 283 g/mol. The van der Waals surface area contributed by atoms with Crippen LogP contribution in [0.15, 0.2) is 24.3 Å². The molecule has 2 rings (SSSR count). The summed E-state index contributed by atoms with van der Waals surface area (Å²) >= 11 is 0. The molecule has 0 aromatic heterocycles. The maximum atomic E-state index is 12.3. The molecule has 106 valence electrons. The monoisotopic (exact) mass is 282 g/mol. The first-order valence-corrected chi connectivity index (χ1v) is 6.60. The van der Waals surface area contributed by atoms with Gasteiger partial charge in [0.25, 0.3) is 5.91 Å². The Morgan fingerprint density at radius 1 is 1.21 bits per heavy atom. The number of likely N-dealkylation sites (tertiary alicyclic amines) is 1. The highest BCUT2D eigenvalue weighted by atomic mass is 35.5. The number of hydrogen-bond donors (Lipinski definition) is 1. The van der Waals surface area contributed by atoms with Gasteiger partial charge in [-0.25, -0.2) is 0 Å². The van der Waals surface area contributed by atoms with Crippen molar-refractivity contribution < 1.29 is 4.79 Å². The van der Waals surface area contributed by atoms with E-state index < -0.39 is 0 Å². The van der Waals surface area contributed by atoms with Gasteiger partial charge in [-0.3, -0.25) is 4.79 Å². The molecule has 1 aliphatic heterocycles. The molecule has 0 spiro atoms. The molecule has 1 fully saturated rings. The van der Waals surface area contributed by atoms with Crippen LogP contribution in [-0.2, 0) is 6.54 Å². The van der Waals surface area contributed by atoms with Crippen molar-refractivity contribution in [2.75, 3.05) is 13.1 Å². The number of halogens is 1. The van der Waals surface area contributed by atoms with Gasteiger partial charge in [-0.1, -0.05) is 26.0 Å². The van der Waals surface area contributed by atoms with Gasteiger partial charge in [-0.05, 0) is 36.0 Å². The van der Waals surface area contributed by atoms with Crippen molar-refractivity contribution in [2.24, 2.45) is 11.1 Å². The minimum Gasteiger partial charge on any atom is -0.339 e. The van der Waals surface area contributed by atoms with Crippen molar-refractivity contribution >= 4 is 18.3 Å². The highest BCUT2D eigenvalue weighted by Gasteiger charge is 2.28. The fourth-order valence-corrected chi connectivity index (χ4v) is 2.28. The van der Waals surface area contributed by atoms with Crippen LogP contribution in [0.25, 0.3) is 0 Å². The largest absolute Gasteiger partial charge is 0.339 e. The predicted molar refractivity (Wildman–Crippen MR) is 80.5 cm³/mol. The lowest BCUT2D eigenvalue weighted by molar-refractivity contribution is 0.0630. The minimum atomic E-state index is 0. The van der Waals surface area contributed by atoms with Crippen LogP contribution in [0, 0.1) is 5.41 Å². The topological polar surface area (TPSA) is 46.3 Å². The third-order valence-electron chi connectivity index (χ3n) is 3.84. The van der Waals surface area contributed by atoms with Gasteiger partial charge in [-0.2, -0.15) is 0 Å². The summed E-state index contributed by atoms with van der Waals surface area (Å²) in [6.07, 6.45) is 2.17. The number of piperidine rings is 1. The molecule has 1 heterocycles. The number of rotatable bonds is 2. The summed E-state index contributed by atoms with van der Waals surface area (Å²) in [6, 6.07) is 7.62. The predicted octanol–water partition coefficient (Wildman–Crippen LogP) is 2.83. The summed E-state index contributed by atoms with van der Waals surface area (Å²) in [4.78, 5) is 14.3. The lowest BCUT2D eigenvalue weighted by atomic mass is 9.82. The Morgan fingerprint density at radius 2 is 1.74 bits per heavy atom. The Balaban J connectivity index is 0.00000180. The second-order valence-corrected chi connectivity index (χ2v) is 5.86. The molecule has 0 bridgehead atoms. The number of hydrogen-bond acceptors (Lipinski definition) is 2. The van der Waals surface area contributed by atoms with Crippen molar-refractivity contribution in [1.29, 1.82) is 0 Å². The second kappa shape index (κ2) is 6.40. The molecule has 1 aromatic carbocycles. The first-order valence-electron chi connectivity index (χ1n) is 6.60. The van der Waals surface area contributed by atoms with Gasteiger partial charge >= 0.3 is 0 Å². The average Bonchev–Trinajstić information content (AvgIpc) is 2.38. The van der Waals surface area contributed by atoms with E-state index in [0.717, 1.165) is 37.1 Å². The Labute approximate surface area is 121 Å². The second-order valence-electron chi connectivity index (χ2n) is 5.86. The fourth-order valence-electron chi connectivity index (χ4n) is 2.28.